The van der Waals surface area contributed by atoms with E-state index in [-0.39, 0.29) is 6.04 Å². The van der Waals surface area contributed by atoms with Crippen LogP contribution in [0.3, 0.4) is 0 Å². The van der Waals surface area contributed by atoms with Gasteiger partial charge in [-0.25, -0.2) is 0 Å². The number of hydrogen-bond acceptors (Lipinski definition) is 1. The molecule has 3 rings (SSSR count). The third-order valence-electron chi connectivity index (χ3n) is 6.79. The lowest BCUT2D eigenvalue weighted by Gasteiger charge is -2.30. The van der Waals surface area contributed by atoms with Crippen LogP contribution in [-0.4, -0.2) is 17.5 Å². The van der Waals surface area contributed by atoms with E-state index in [0.717, 1.165) is 24.1 Å². The number of hydrogen-bond donors (Lipinski definition) is 0. The van der Waals surface area contributed by atoms with Gasteiger partial charge in [0.2, 0.25) is 0 Å². The summed E-state index contributed by atoms with van der Waals surface area (Å²) in [6.07, 6.45) is 41.4. The predicted molar refractivity (Wildman–Crippen MR) is 196 cm³/mol. The average molecular weight is 578 g/mol. The van der Waals surface area contributed by atoms with E-state index in [1.165, 1.54) is 33.5 Å². The van der Waals surface area contributed by atoms with Crippen LogP contribution in [-0.2, 0) is 0 Å². The van der Waals surface area contributed by atoms with Crippen molar-refractivity contribution in [2.45, 2.75) is 47.1 Å². The molecular formula is C43H47N. The first-order valence-corrected chi connectivity index (χ1v) is 15.2. The molecule has 0 amide bonds. The molecule has 224 valence electrons. The Balaban J connectivity index is 0.00000330. The third kappa shape index (κ3) is 12.9. The van der Waals surface area contributed by atoms with Gasteiger partial charge in [0, 0.05) is 17.8 Å². The Morgan fingerprint density at radius 2 is 1.50 bits per heavy atom. The summed E-state index contributed by atoms with van der Waals surface area (Å²) in [6.45, 7) is 15.3. The van der Waals surface area contributed by atoms with Gasteiger partial charge in [0.15, 0.2) is 0 Å². The fourth-order valence-corrected chi connectivity index (χ4v) is 4.34. The quantitative estimate of drug-likeness (QED) is 0.138. The molecule has 1 unspecified atom stereocenters. The zero-order chi connectivity index (χ0) is 32.2. The Labute approximate surface area is 267 Å². The molecule has 0 spiro atoms. The zero-order valence-electron chi connectivity index (χ0n) is 27.1. The molecule has 1 aliphatic carbocycles. The lowest BCUT2D eigenvalue weighted by Crippen LogP contribution is -2.31. The highest BCUT2D eigenvalue weighted by Gasteiger charge is 2.14. The number of allylic oxidation sites excluding steroid dienone is 12. The van der Waals surface area contributed by atoms with Crippen molar-refractivity contribution in [2.75, 3.05) is 6.54 Å². The summed E-state index contributed by atoms with van der Waals surface area (Å²) in [4.78, 5) is 2.42. The van der Waals surface area contributed by atoms with Crippen LogP contribution >= 0.6 is 0 Å². The van der Waals surface area contributed by atoms with Crippen LogP contribution in [0.25, 0.3) is 12.2 Å². The number of nitrogens with zero attached hydrogens (tertiary/aromatic N) is 1. The molecule has 0 aliphatic heterocycles. The molecule has 0 fully saturated rings. The van der Waals surface area contributed by atoms with Crippen LogP contribution in [0.15, 0.2) is 162 Å². The van der Waals surface area contributed by atoms with E-state index in [0.29, 0.717) is 0 Å². The van der Waals surface area contributed by atoms with E-state index in [9.17, 15) is 0 Å². The van der Waals surface area contributed by atoms with Crippen molar-refractivity contribution in [3.8, 4) is 12.8 Å². The molecule has 0 radical (unpaired) electrons. The molecule has 2 aromatic rings. The first-order valence-electron chi connectivity index (χ1n) is 15.2. The van der Waals surface area contributed by atoms with Crippen LogP contribution in [0.4, 0.5) is 0 Å². The van der Waals surface area contributed by atoms with Gasteiger partial charge in [0.05, 0.1) is 6.04 Å². The summed E-state index contributed by atoms with van der Waals surface area (Å²) < 4.78 is 0. The van der Waals surface area contributed by atoms with E-state index in [1.54, 1.807) is 0 Å². The Morgan fingerprint density at radius 3 is 2.09 bits per heavy atom. The molecule has 0 aromatic heterocycles. The molecule has 0 N–H and O–H groups in total. The molecule has 0 saturated carbocycles. The van der Waals surface area contributed by atoms with E-state index in [2.05, 4.69) is 191 Å². The van der Waals surface area contributed by atoms with Crippen LogP contribution in [0.2, 0.25) is 0 Å². The van der Waals surface area contributed by atoms with Gasteiger partial charge in [-0.3, -0.25) is 0 Å². The highest BCUT2D eigenvalue weighted by atomic mass is 15.2. The Bertz CT molecular complexity index is 1530. The molecule has 2 aromatic carbocycles. The molecule has 0 heterocycles. The normalized spacial score (nSPS) is 16.2. The van der Waals surface area contributed by atoms with E-state index < -0.39 is 0 Å². The predicted octanol–water partition coefficient (Wildman–Crippen LogP) is 11.1. The minimum Gasteiger partial charge on any atom is -0.358 e. The van der Waals surface area contributed by atoms with Crippen molar-refractivity contribution < 1.29 is 0 Å². The summed E-state index contributed by atoms with van der Waals surface area (Å²) in [5.41, 5.74) is 12.7. The first kappa shape index (κ1) is 35.2. The van der Waals surface area contributed by atoms with E-state index >= 15 is 0 Å². The largest absolute Gasteiger partial charge is 0.358 e. The second kappa shape index (κ2) is 20.0. The maximum absolute atomic E-state index is 4.08. The van der Waals surface area contributed by atoms with Gasteiger partial charge in [0.1, 0.15) is 0 Å². The number of aryl methyl sites for hydroxylation is 2. The van der Waals surface area contributed by atoms with Gasteiger partial charge in [-0.15, -0.1) is 18.6 Å². The minimum absolute atomic E-state index is 0.0699. The minimum atomic E-state index is 0.0699. The first-order chi connectivity index (χ1) is 21.4. The van der Waals surface area contributed by atoms with Crippen molar-refractivity contribution in [1.29, 1.82) is 0 Å². The third-order valence-corrected chi connectivity index (χ3v) is 6.79. The average Bonchev–Trinajstić information content (AvgIpc) is 3.02. The van der Waals surface area contributed by atoms with Gasteiger partial charge < -0.3 is 4.90 Å². The van der Waals surface area contributed by atoms with Crippen LogP contribution < -0.4 is 0 Å². The van der Waals surface area contributed by atoms with Gasteiger partial charge in [-0.2, -0.15) is 0 Å². The topological polar surface area (TPSA) is 3.24 Å². The van der Waals surface area contributed by atoms with Crippen LogP contribution in [0.5, 0.6) is 0 Å². The maximum Gasteiger partial charge on any atom is 0.0667 e. The fraction of sp³-hybridized carbons (Fsp3) is 0.186. The smallest absolute Gasteiger partial charge is 0.0667 e. The molecule has 1 atom stereocenters. The second-order valence-electron chi connectivity index (χ2n) is 10.5. The second-order valence-corrected chi connectivity index (χ2v) is 10.5. The van der Waals surface area contributed by atoms with Crippen molar-refractivity contribution in [3.63, 3.8) is 0 Å². The molecule has 0 bridgehead atoms. The van der Waals surface area contributed by atoms with Gasteiger partial charge >= 0.3 is 0 Å². The summed E-state index contributed by atoms with van der Waals surface area (Å²) >= 11 is 0. The van der Waals surface area contributed by atoms with Crippen LogP contribution in [0.1, 0.15) is 49.4 Å². The molecule has 44 heavy (non-hydrogen) atoms. The van der Waals surface area contributed by atoms with Gasteiger partial charge in [-0.1, -0.05) is 146 Å². The Hall–Kier alpha value is -5.02. The molecule has 1 heteroatoms. The lowest BCUT2D eigenvalue weighted by atomic mass is 10.1. The highest BCUT2D eigenvalue weighted by Crippen LogP contribution is 2.19. The summed E-state index contributed by atoms with van der Waals surface area (Å²) in [5, 5.41) is 0. The van der Waals surface area contributed by atoms with Crippen LogP contribution in [0, 0.1) is 26.7 Å². The number of benzene rings is 2. The number of terminal acetylenes is 1. The Morgan fingerprint density at radius 1 is 0.864 bits per heavy atom. The summed E-state index contributed by atoms with van der Waals surface area (Å²) in [7, 11) is 0. The van der Waals surface area contributed by atoms with Crippen molar-refractivity contribution in [1.82, 2.24) is 4.90 Å². The zero-order valence-corrected chi connectivity index (χ0v) is 27.1. The maximum atomic E-state index is 4.08. The van der Waals surface area contributed by atoms with Gasteiger partial charge in [-0.05, 0) is 75.1 Å². The highest BCUT2D eigenvalue weighted by molar-refractivity contribution is 5.56. The van der Waals surface area contributed by atoms with Crippen molar-refractivity contribution >= 4 is 12.2 Å². The fourth-order valence-electron chi connectivity index (χ4n) is 4.34. The molecule has 1 aliphatic rings. The summed E-state index contributed by atoms with van der Waals surface area (Å²) in [5.74, 6) is 0. The van der Waals surface area contributed by atoms with Crippen molar-refractivity contribution in [2.24, 2.45) is 0 Å². The molecule has 0 saturated heterocycles. The molecular weight excluding hydrogens is 530 g/mol. The monoisotopic (exact) mass is 577 g/mol. The number of rotatable bonds is 12. The van der Waals surface area contributed by atoms with E-state index in [1.807, 2.05) is 13.0 Å². The Kier molecular flexibility index (Phi) is 16.0. The van der Waals surface area contributed by atoms with E-state index in [4.69, 9.17) is 0 Å². The standard InChI is InChI=1S/C41H45N.C2H2/c1-7-12-40(30-16-33(3)4)42(32-11-14-36(8-2)25-26-38-21-17-34(5)18-22-38)41-15-10-9-13-37(29-31-41)27-28-39-23-19-35(6)20-24-39;1-2/h8-12,14-31,41H,3,7,32H2,1-2,4-6H3;1-2H/b14-11-,15-10?,26-25?,28-27?,30-16-,31-29-,36-8+,40-12+;. The van der Waals surface area contributed by atoms with Gasteiger partial charge in [0.25, 0.3) is 0 Å². The van der Waals surface area contributed by atoms with Crippen molar-refractivity contribution in [3.05, 3.63) is 184 Å². The molecule has 1 nitrogen and oxygen atoms in total. The SMILES string of the molecule is C#C.C=C(C)/C=C\C(=C/CC)N(C/C=C\C(C=Cc1ccc(C)cc1)=C/C)C1C=CC=C=C(C=Cc2ccc(C)cc2)/C=C\1. The lowest BCUT2D eigenvalue weighted by molar-refractivity contribution is 0.373. The summed E-state index contributed by atoms with van der Waals surface area (Å²) in [6, 6.07) is 17.2.